The van der Waals surface area contributed by atoms with Crippen LogP contribution in [0, 0.1) is 5.92 Å². The van der Waals surface area contributed by atoms with E-state index in [4.69, 9.17) is 11.6 Å². The van der Waals surface area contributed by atoms with Crippen LogP contribution in [0.15, 0.2) is 30.5 Å². The molecule has 0 radical (unpaired) electrons. The molecule has 1 fully saturated rings. The van der Waals surface area contributed by atoms with Gasteiger partial charge in [-0.3, -0.25) is 4.98 Å². The minimum absolute atomic E-state index is 0.661. The average Bonchev–Trinajstić information content (AvgIpc) is 3.09. The van der Waals surface area contributed by atoms with Gasteiger partial charge in [0.05, 0.1) is 5.52 Å². The van der Waals surface area contributed by atoms with Crippen molar-refractivity contribution < 1.29 is 0 Å². The zero-order valence-electron chi connectivity index (χ0n) is 8.66. The van der Waals surface area contributed by atoms with Gasteiger partial charge in [0.1, 0.15) is 0 Å². The quantitative estimate of drug-likeness (QED) is 0.749. The molecule has 1 aliphatic carbocycles. The first kappa shape index (κ1) is 10.5. The molecule has 0 amide bonds. The van der Waals surface area contributed by atoms with Crippen molar-refractivity contribution in [2.75, 3.05) is 5.33 Å². The standard InChI is InChI=1S/C13H11BrClN/c14-7-8-6-11(8)9-3-4-12(15)10-2-1-5-16-13(9)10/h1-5,8,11H,6-7H2. The fraction of sp³-hybridized carbons (Fsp3) is 0.308. The van der Waals surface area contributed by atoms with E-state index in [2.05, 4.69) is 27.0 Å². The normalized spacial score (nSPS) is 23.6. The fourth-order valence-corrected chi connectivity index (χ4v) is 3.19. The van der Waals surface area contributed by atoms with Gasteiger partial charge >= 0.3 is 0 Å². The molecule has 16 heavy (non-hydrogen) atoms. The molecule has 2 aromatic rings. The summed E-state index contributed by atoms with van der Waals surface area (Å²) in [5.74, 6) is 1.43. The summed E-state index contributed by atoms with van der Waals surface area (Å²) in [6, 6.07) is 8.10. The van der Waals surface area contributed by atoms with E-state index >= 15 is 0 Å². The molecule has 2 atom stereocenters. The van der Waals surface area contributed by atoms with E-state index in [-0.39, 0.29) is 0 Å². The number of benzene rings is 1. The van der Waals surface area contributed by atoms with Crippen LogP contribution in [-0.4, -0.2) is 10.3 Å². The van der Waals surface area contributed by atoms with Crippen LogP contribution in [0.2, 0.25) is 5.02 Å². The number of fused-ring (bicyclic) bond motifs is 1. The molecule has 3 rings (SSSR count). The molecule has 1 aromatic heterocycles. The Bertz CT molecular complexity index is 540. The number of rotatable bonds is 2. The Hall–Kier alpha value is -0.600. The number of nitrogens with zero attached hydrogens (tertiary/aromatic N) is 1. The van der Waals surface area contributed by atoms with Gasteiger partial charge in [-0.15, -0.1) is 0 Å². The average molecular weight is 297 g/mol. The molecule has 3 heteroatoms. The first-order valence-electron chi connectivity index (χ1n) is 5.40. The second-order valence-corrected chi connectivity index (χ2v) is 5.35. The molecule has 1 heterocycles. The lowest BCUT2D eigenvalue weighted by molar-refractivity contribution is 0.940. The van der Waals surface area contributed by atoms with E-state index in [9.17, 15) is 0 Å². The highest BCUT2D eigenvalue weighted by atomic mass is 79.9. The van der Waals surface area contributed by atoms with Crippen molar-refractivity contribution in [1.29, 1.82) is 0 Å². The van der Waals surface area contributed by atoms with Crippen LogP contribution < -0.4 is 0 Å². The van der Waals surface area contributed by atoms with Crippen molar-refractivity contribution in [3.63, 3.8) is 0 Å². The van der Waals surface area contributed by atoms with Crippen LogP contribution in [0.5, 0.6) is 0 Å². The Kier molecular flexibility index (Phi) is 2.64. The van der Waals surface area contributed by atoms with Crippen molar-refractivity contribution >= 4 is 38.4 Å². The van der Waals surface area contributed by atoms with E-state index < -0.39 is 0 Å². The molecule has 0 spiro atoms. The Morgan fingerprint density at radius 3 is 3.00 bits per heavy atom. The van der Waals surface area contributed by atoms with E-state index in [1.54, 1.807) is 0 Å². The van der Waals surface area contributed by atoms with Gasteiger partial charge < -0.3 is 0 Å². The Balaban J connectivity index is 2.16. The monoisotopic (exact) mass is 295 g/mol. The summed E-state index contributed by atoms with van der Waals surface area (Å²) >= 11 is 9.72. The van der Waals surface area contributed by atoms with Crippen LogP contribution in [0.1, 0.15) is 17.9 Å². The molecule has 1 aromatic carbocycles. The fourth-order valence-electron chi connectivity index (χ4n) is 2.26. The molecule has 0 bridgehead atoms. The second kappa shape index (κ2) is 4.01. The molecule has 2 unspecified atom stereocenters. The number of aromatic nitrogens is 1. The number of alkyl halides is 1. The summed E-state index contributed by atoms with van der Waals surface area (Å²) in [6.45, 7) is 0. The van der Waals surface area contributed by atoms with Crippen molar-refractivity contribution in [3.05, 3.63) is 41.0 Å². The maximum Gasteiger partial charge on any atom is 0.0751 e. The van der Waals surface area contributed by atoms with Crippen molar-refractivity contribution in [2.24, 2.45) is 5.92 Å². The number of hydrogen-bond acceptors (Lipinski definition) is 1. The first-order valence-corrected chi connectivity index (χ1v) is 6.90. The van der Waals surface area contributed by atoms with Gasteiger partial charge in [0.15, 0.2) is 0 Å². The molecule has 0 N–H and O–H groups in total. The Labute approximate surface area is 108 Å². The summed E-state index contributed by atoms with van der Waals surface area (Å²) in [5, 5.41) is 2.94. The molecule has 1 aliphatic rings. The molecule has 1 saturated carbocycles. The van der Waals surface area contributed by atoms with Gasteiger partial charge in [0.25, 0.3) is 0 Å². The summed E-state index contributed by atoms with van der Waals surface area (Å²) in [7, 11) is 0. The SMILES string of the molecule is Clc1ccc(C2CC2CBr)c2ncccc12. The number of hydrogen-bond donors (Lipinski definition) is 0. The van der Waals surface area contributed by atoms with Gasteiger partial charge in [0.2, 0.25) is 0 Å². The van der Waals surface area contributed by atoms with Gasteiger partial charge in [-0.05, 0) is 42.0 Å². The van der Waals surface area contributed by atoms with Crippen molar-refractivity contribution in [2.45, 2.75) is 12.3 Å². The van der Waals surface area contributed by atoms with Crippen molar-refractivity contribution in [3.8, 4) is 0 Å². The van der Waals surface area contributed by atoms with Gasteiger partial charge in [-0.2, -0.15) is 0 Å². The lowest BCUT2D eigenvalue weighted by atomic mass is 10.0. The van der Waals surface area contributed by atoms with E-state index in [0.717, 1.165) is 27.2 Å². The molecular formula is C13H11BrClN. The third-order valence-electron chi connectivity index (χ3n) is 3.27. The lowest BCUT2D eigenvalue weighted by Crippen LogP contribution is -1.90. The topological polar surface area (TPSA) is 12.9 Å². The Morgan fingerprint density at radius 2 is 2.25 bits per heavy atom. The minimum Gasteiger partial charge on any atom is -0.256 e. The first-order chi connectivity index (χ1) is 7.81. The summed E-state index contributed by atoms with van der Waals surface area (Å²) in [5.41, 5.74) is 2.42. The van der Waals surface area contributed by atoms with Crippen LogP contribution >= 0.6 is 27.5 Å². The maximum absolute atomic E-state index is 6.18. The van der Waals surface area contributed by atoms with Crippen LogP contribution in [0.3, 0.4) is 0 Å². The van der Waals surface area contributed by atoms with Gasteiger partial charge in [-0.1, -0.05) is 33.6 Å². The molecular weight excluding hydrogens is 286 g/mol. The largest absolute Gasteiger partial charge is 0.256 e. The third-order valence-corrected chi connectivity index (χ3v) is 4.43. The number of halogens is 2. The van der Waals surface area contributed by atoms with E-state index in [0.29, 0.717) is 5.92 Å². The highest BCUT2D eigenvalue weighted by Gasteiger charge is 2.38. The van der Waals surface area contributed by atoms with E-state index in [1.807, 2.05) is 24.4 Å². The summed E-state index contributed by atoms with van der Waals surface area (Å²) in [6.07, 6.45) is 3.10. The van der Waals surface area contributed by atoms with E-state index in [1.165, 1.54) is 12.0 Å². The van der Waals surface area contributed by atoms with Crippen LogP contribution in [0.4, 0.5) is 0 Å². The summed E-state index contributed by atoms with van der Waals surface area (Å²) < 4.78 is 0. The number of pyridine rings is 1. The van der Waals surface area contributed by atoms with Gasteiger partial charge in [-0.25, -0.2) is 0 Å². The zero-order valence-corrected chi connectivity index (χ0v) is 11.0. The molecule has 82 valence electrons. The Morgan fingerprint density at radius 1 is 1.38 bits per heavy atom. The highest BCUT2D eigenvalue weighted by Crippen LogP contribution is 2.50. The van der Waals surface area contributed by atoms with Gasteiger partial charge in [0, 0.05) is 21.9 Å². The van der Waals surface area contributed by atoms with Crippen LogP contribution in [-0.2, 0) is 0 Å². The van der Waals surface area contributed by atoms with Crippen LogP contribution in [0.25, 0.3) is 10.9 Å². The minimum atomic E-state index is 0.661. The summed E-state index contributed by atoms with van der Waals surface area (Å²) in [4.78, 5) is 4.47. The predicted octanol–water partition coefficient (Wildman–Crippen LogP) is 4.39. The second-order valence-electron chi connectivity index (χ2n) is 4.29. The molecule has 1 nitrogen and oxygen atoms in total. The maximum atomic E-state index is 6.18. The lowest BCUT2D eigenvalue weighted by Gasteiger charge is -2.06. The smallest absolute Gasteiger partial charge is 0.0751 e. The molecule has 0 saturated heterocycles. The van der Waals surface area contributed by atoms with Crippen molar-refractivity contribution in [1.82, 2.24) is 4.98 Å². The zero-order chi connectivity index (χ0) is 11.1. The molecule has 0 aliphatic heterocycles. The predicted molar refractivity (Wildman–Crippen MR) is 71.4 cm³/mol. The highest BCUT2D eigenvalue weighted by molar-refractivity contribution is 9.09. The third kappa shape index (κ3) is 1.64.